The van der Waals surface area contributed by atoms with Gasteiger partial charge in [-0.2, -0.15) is 4.31 Å². The summed E-state index contributed by atoms with van der Waals surface area (Å²) in [7, 11) is -10.1. The summed E-state index contributed by atoms with van der Waals surface area (Å²) in [6, 6.07) is 0. The largest absolute Gasteiger partial charge is 0.478 e. The van der Waals surface area contributed by atoms with Gasteiger partial charge in [0.1, 0.15) is 0 Å². The zero-order chi connectivity index (χ0) is 7.71. The molecule has 0 fully saturated rings. The quantitative estimate of drug-likeness (QED) is 0.294. The van der Waals surface area contributed by atoms with Crippen LogP contribution in [0.4, 0.5) is 0 Å². The number of hydrogen-bond donors (Lipinski definition) is 4. The fourth-order valence-corrected chi connectivity index (χ4v) is 1.25. The van der Waals surface area contributed by atoms with Crippen LogP contribution in [0.25, 0.3) is 0 Å². The Morgan fingerprint density at radius 3 is 0.846 bits per heavy atom. The molecule has 0 saturated carbocycles. The molecule has 4 radical (unpaired) electrons. The fraction of sp³-hybridized carbons (Fsp3) is 0. The van der Waals surface area contributed by atoms with Crippen molar-refractivity contribution in [3.05, 3.63) is 0 Å². The molecule has 0 amide bonds. The first-order valence-electron chi connectivity index (χ1n) is 1.53. The van der Waals surface area contributed by atoms with Crippen molar-refractivity contribution in [2.75, 3.05) is 0 Å². The molecule has 4 N–H and O–H groups in total. The van der Waals surface area contributed by atoms with E-state index >= 15 is 0 Å². The molecule has 0 aromatic heterocycles. The maximum atomic E-state index is 9.63. The molecule has 60 valence electrons. The van der Waals surface area contributed by atoms with Gasteiger partial charge in [0.05, 0.1) is 0 Å². The minimum Gasteiger partial charge on any atom is -0.302 e. The Balaban J connectivity index is -0.0000000533. The third-order valence-electron chi connectivity index (χ3n) is 0.213. The van der Waals surface area contributed by atoms with Crippen LogP contribution in [0.5, 0.6) is 0 Å². The second-order valence-corrected chi connectivity index (χ2v) is 3.68. The molecule has 0 aromatic carbocycles. The van der Waals surface area contributed by atoms with Crippen molar-refractivity contribution in [2.24, 2.45) is 0 Å². The summed E-state index contributed by atoms with van der Waals surface area (Å²) in [4.78, 5) is 31.0. The van der Waals surface area contributed by atoms with Gasteiger partial charge in [0.15, 0.2) is 0 Å². The molecular weight excluding hydrogens is 202 g/mol. The van der Waals surface area contributed by atoms with Gasteiger partial charge in [-0.25, -0.2) is 9.13 Å². The average Bonchev–Trinajstić information content (AvgIpc) is 1.14. The Hall–Kier alpha value is 2.65. The van der Waals surface area contributed by atoms with Gasteiger partial charge >= 0.3 is 15.6 Å². The predicted octanol–water partition coefficient (Wildman–Crippen LogP) is -2.33. The van der Waals surface area contributed by atoms with Crippen LogP contribution in [0.2, 0.25) is 0 Å². The third kappa shape index (κ3) is 31.3. The fourth-order valence-electron chi connectivity index (χ4n) is 0.139. The number of rotatable bonds is 2. The number of phosphoric acid groups is 2. The van der Waals surface area contributed by atoms with Gasteiger partial charge in [0, 0.05) is 75.4 Å². The Kier molecular flexibility index (Phi) is 25.4. The van der Waals surface area contributed by atoms with Gasteiger partial charge in [-0.1, -0.05) is 0 Å². The molecule has 0 aliphatic rings. The van der Waals surface area contributed by atoms with Gasteiger partial charge in [0.2, 0.25) is 0 Å². The normalized spacial score (nSPS) is 9.54. The van der Waals surface area contributed by atoms with Gasteiger partial charge in [0.25, 0.3) is 0 Å². The van der Waals surface area contributed by atoms with Crippen LogP contribution < -0.4 is 0 Å². The van der Waals surface area contributed by atoms with E-state index in [-0.39, 0.29) is 75.4 Å². The zero-order valence-electron chi connectivity index (χ0n) is 7.91. The maximum absolute atomic E-state index is 9.63. The van der Waals surface area contributed by atoms with Gasteiger partial charge in [-0.3, -0.25) is 0 Å². The summed E-state index contributed by atoms with van der Waals surface area (Å²) in [6.07, 6.45) is 0. The summed E-state index contributed by atoms with van der Waals surface area (Å²) >= 11 is 0. The van der Waals surface area contributed by atoms with Crippen molar-refractivity contribution in [3.63, 3.8) is 0 Å². The van der Waals surface area contributed by atoms with E-state index in [1.54, 1.807) is 0 Å². The van der Waals surface area contributed by atoms with E-state index in [0.717, 1.165) is 0 Å². The van der Waals surface area contributed by atoms with E-state index in [1.807, 2.05) is 0 Å². The molecule has 13 heavy (non-hydrogen) atoms. The molecule has 7 nitrogen and oxygen atoms in total. The molecule has 0 saturated heterocycles. The summed E-state index contributed by atoms with van der Waals surface area (Å²) in [6.45, 7) is 0. The zero-order valence-corrected chi connectivity index (χ0v) is 9.70. The minimum atomic E-state index is -5.05. The summed E-state index contributed by atoms with van der Waals surface area (Å²) in [5.74, 6) is 0. The van der Waals surface area contributed by atoms with Crippen molar-refractivity contribution in [1.29, 1.82) is 0 Å². The minimum absolute atomic E-state index is 0. The predicted molar refractivity (Wildman–Crippen MR) is 48.2 cm³/mol. The van der Waals surface area contributed by atoms with Crippen molar-refractivity contribution in [2.45, 2.75) is 0 Å². The Morgan fingerprint density at radius 1 is 0.692 bits per heavy atom. The van der Waals surface area contributed by atoms with E-state index < -0.39 is 15.6 Å². The molecule has 0 aromatic rings. The first-order chi connectivity index (χ1) is 3.71. The van der Waals surface area contributed by atoms with Crippen LogP contribution in [0.3, 0.4) is 0 Å². The van der Waals surface area contributed by atoms with Gasteiger partial charge < -0.3 is 19.6 Å². The van der Waals surface area contributed by atoms with Gasteiger partial charge in [-0.15, -0.1) is 0 Å². The maximum Gasteiger partial charge on any atom is 0.478 e. The second kappa shape index (κ2) is 11.1. The first kappa shape index (κ1) is 29.6. The van der Waals surface area contributed by atoms with Crippen LogP contribution in [0.15, 0.2) is 0 Å². The average molecular weight is 206 g/mol. The first-order valence-corrected chi connectivity index (χ1v) is 4.59. The second-order valence-electron chi connectivity index (χ2n) is 1.06. The third-order valence-corrected chi connectivity index (χ3v) is 1.91. The molecule has 0 bridgehead atoms. The Labute approximate surface area is 123 Å². The molecule has 0 unspecified atom stereocenters. The van der Waals surface area contributed by atoms with Crippen LogP contribution in [0, 0.1) is 0 Å². The Morgan fingerprint density at radius 2 is 0.846 bits per heavy atom. The van der Waals surface area contributed by atoms with Crippen LogP contribution in [0.1, 0.15) is 0 Å². The van der Waals surface area contributed by atoms with Crippen molar-refractivity contribution >= 4 is 91.1 Å². The molecule has 0 atom stereocenters. The summed E-state index contributed by atoms with van der Waals surface area (Å²) < 4.78 is 22.2. The standard InChI is InChI=1S/4Li.H4O7P2/c;;;;1-8(2,3)7-9(4,5)6/h;;;;(H2,1,2,3)(H2,4,5,6). The van der Waals surface area contributed by atoms with Crippen molar-refractivity contribution < 1.29 is 33.0 Å². The van der Waals surface area contributed by atoms with E-state index in [9.17, 15) is 9.13 Å². The Bertz CT molecular complexity index is 159. The SMILES string of the molecule is O=P(O)(O)OP(=O)(O)O.[Li].[Li].[Li].[Li]. The van der Waals surface area contributed by atoms with Gasteiger partial charge in [-0.05, 0) is 0 Å². The van der Waals surface area contributed by atoms with Crippen molar-refractivity contribution in [1.82, 2.24) is 0 Å². The van der Waals surface area contributed by atoms with Crippen LogP contribution in [-0.2, 0) is 13.4 Å². The van der Waals surface area contributed by atoms with E-state index in [1.165, 1.54) is 0 Å². The summed E-state index contributed by atoms with van der Waals surface area (Å²) in [5.41, 5.74) is 0. The van der Waals surface area contributed by atoms with Crippen molar-refractivity contribution in [3.8, 4) is 0 Å². The van der Waals surface area contributed by atoms with Crippen LogP contribution in [-0.4, -0.2) is 95.0 Å². The monoisotopic (exact) mass is 206 g/mol. The molecule has 0 aliphatic heterocycles. The molecule has 0 rings (SSSR count). The topological polar surface area (TPSA) is 124 Å². The number of hydrogen-bond acceptors (Lipinski definition) is 3. The molecule has 0 spiro atoms. The van der Waals surface area contributed by atoms with E-state index in [0.29, 0.717) is 0 Å². The molecular formula is H4Li4O7P2. The smallest absolute Gasteiger partial charge is 0.302 e. The molecule has 13 heteroatoms. The van der Waals surface area contributed by atoms with Crippen LogP contribution >= 0.6 is 15.6 Å². The molecule has 0 aliphatic carbocycles. The summed E-state index contributed by atoms with van der Waals surface area (Å²) in [5, 5.41) is 0. The molecule has 0 heterocycles. The van der Waals surface area contributed by atoms with E-state index in [4.69, 9.17) is 19.6 Å². The van der Waals surface area contributed by atoms with E-state index in [2.05, 4.69) is 4.31 Å².